The highest BCUT2D eigenvalue weighted by atomic mass is 31.2. The highest BCUT2D eigenvalue weighted by Crippen LogP contribution is 2.41. The van der Waals surface area contributed by atoms with Crippen LogP contribution in [0.3, 0.4) is 0 Å². The Balaban J connectivity index is 4.12. The predicted octanol–water partition coefficient (Wildman–Crippen LogP) is 1.33. The van der Waals surface area contributed by atoms with Crippen LogP contribution in [-0.4, -0.2) is 30.2 Å². The van der Waals surface area contributed by atoms with Crippen LogP contribution in [0.4, 0.5) is 0 Å². The van der Waals surface area contributed by atoms with Crippen LogP contribution >= 0.6 is 7.60 Å². The molecule has 0 aliphatic rings. The van der Waals surface area contributed by atoms with Gasteiger partial charge in [0.15, 0.2) is 0 Å². The minimum absolute atomic E-state index is 0.220. The highest BCUT2D eigenvalue weighted by molar-refractivity contribution is 7.52. The molecule has 0 saturated heterocycles. The maximum absolute atomic E-state index is 11.1. The fourth-order valence-electron chi connectivity index (χ4n) is 0.720. The molecule has 0 spiro atoms. The van der Waals surface area contributed by atoms with E-state index in [1.54, 1.807) is 0 Å². The van der Waals surface area contributed by atoms with E-state index in [1.807, 2.05) is 0 Å². The number of ether oxygens (including phenoxy) is 1. The van der Waals surface area contributed by atoms with Crippen molar-refractivity contribution in [3.8, 4) is 0 Å². The smallest absolute Gasteiger partial charge is 0.333 e. The molecule has 2 unspecified atom stereocenters. The van der Waals surface area contributed by atoms with Gasteiger partial charge in [0.25, 0.3) is 0 Å². The van der Waals surface area contributed by atoms with Gasteiger partial charge in [0.2, 0.25) is 0 Å². The maximum Gasteiger partial charge on any atom is 0.333 e. The molecule has 0 amide bonds. The highest BCUT2D eigenvalue weighted by Gasteiger charge is 2.23. The molecule has 0 aromatic carbocycles. The molecule has 0 aliphatic heterocycles. The van der Waals surface area contributed by atoms with E-state index in [0.29, 0.717) is 0 Å². The Kier molecular flexibility index (Phi) is 5.05. The van der Waals surface area contributed by atoms with Gasteiger partial charge < -0.3 is 14.2 Å². The summed E-state index contributed by atoms with van der Waals surface area (Å²) in [6.07, 6.45) is -0.891. The number of carbonyl (C=O) groups is 1. The first kappa shape index (κ1) is 13.4. The molecule has 0 rings (SSSR count). The number of hydrogen-bond donors (Lipinski definition) is 1. The standard InChI is InChI=1S/C8H15O5P/c1-6(2)8(9)13-7(3)5-14(10,11)12-4/h7H,1,5H2,2-4H3,(H,10,11). The van der Waals surface area contributed by atoms with Gasteiger partial charge in [-0.1, -0.05) is 6.58 Å². The summed E-state index contributed by atoms with van der Waals surface area (Å²) in [5.41, 5.74) is 0.252. The quantitative estimate of drug-likeness (QED) is 0.431. The minimum atomic E-state index is -3.62. The monoisotopic (exact) mass is 222 g/mol. The largest absolute Gasteiger partial charge is 0.459 e. The molecule has 14 heavy (non-hydrogen) atoms. The third-order valence-corrected chi connectivity index (χ3v) is 2.98. The van der Waals surface area contributed by atoms with Crippen LogP contribution < -0.4 is 0 Å². The van der Waals surface area contributed by atoms with E-state index in [2.05, 4.69) is 11.1 Å². The summed E-state index contributed by atoms with van der Waals surface area (Å²) in [5, 5.41) is 0. The normalized spacial score (nSPS) is 16.9. The van der Waals surface area contributed by atoms with E-state index < -0.39 is 19.7 Å². The van der Waals surface area contributed by atoms with Crippen molar-refractivity contribution in [3.63, 3.8) is 0 Å². The van der Waals surface area contributed by atoms with E-state index in [-0.39, 0.29) is 11.7 Å². The van der Waals surface area contributed by atoms with Gasteiger partial charge in [-0.15, -0.1) is 0 Å². The van der Waals surface area contributed by atoms with Crippen LogP contribution in [0.25, 0.3) is 0 Å². The van der Waals surface area contributed by atoms with Gasteiger partial charge in [0, 0.05) is 12.7 Å². The third kappa shape index (κ3) is 5.17. The Labute approximate surface area is 83.3 Å². The second-order valence-corrected chi connectivity index (χ2v) is 5.00. The Bertz CT molecular complexity index is 273. The molecule has 6 heteroatoms. The Morgan fingerprint density at radius 3 is 2.50 bits per heavy atom. The number of rotatable bonds is 5. The SMILES string of the molecule is C=C(C)C(=O)OC(C)CP(=O)(O)OC. The van der Waals surface area contributed by atoms with Crippen molar-refractivity contribution in [3.05, 3.63) is 12.2 Å². The molecule has 82 valence electrons. The van der Waals surface area contributed by atoms with E-state index in [4.69, 9.17) is 9.63 Å². The van der Waals surface area contributed by atoms with Crippen LogP contribution in [0.1, 0.15) is 13.8 Å². The minimum Gasteiger partial charge on any atom is -0.459 e. The Morgan fingerprint density at radius 2 is 2.14 bits per heavy atom. The lowest BCUT2D eigenvalue weighted by Crippen LogP contribution is -2.19. The van der Waals surface area contributed by atoms with Gasteiger partial charge in [-0.3, -0.25) is 4.57 Å². The topological polar surface area (TPSA) is 72.8 Å². The fraction of sp³-hybridized carbons (Fsp3) is 0.625. The molecule has 5 nitrogen and oxygen atoms in total. The first-order chi connectivity index (χ1) is 6.28. The number of esters is 1. The molecule has 0 saturated carbocycles. The lowest BCUT2D eigenvalue weighted by molar-refractivity contribution is -0.142. The Morgan fingerprint density at radius 1 is 1.64 bits per heavy atom. The molecule has 0 aliphatic carbocycles. The lowest BCUT2D eigenvalue weighted by Gasteiger charge is -2.15. The number of hydrogen-bond acceptors (Lipinski definition) is 4. The zero-order valence-corrected chi connectivity index (χ0v) is 9.41. The van der Waals surface area contributed by atoms with Crippen LogP contribution in [0.5, 0.6) is 0 Å². The van der Waals surface area contributed by atoms with Crippen molar-refractivity contribution in [1.82, 2.24) is 0 Å². The van der Waals surface area contributed by atoms with Gasteiger partial charge in [-0.2, -0.15) is 0 Å². The molecule has 0 radical (unpaired) electrons. The molecule has 0 aromatic heterocycles. The summed E-state index contributed by atoms with van der Waals surface area (Å²) in [4.78, 5) is 20.1. The van der Waals surface area contributed by atoms with Crippen molar-refractivity contribution in [2.45, 2.75) is 20.0 Å². The van der Waals surface area contributed by atoms with Crippen molar-refractivity contribution in [2.75, 3.05) is 13.3 Å². The molecule has 0 aromatic rings. The van der Waals surface area contributed by atoms with Gasteiger partial charge in [0.05, 0.1) is 6.16 Å². The van der Waals surface area contributed by atoms with E-state index in [1.165, 1.54) is 13.8 Å². The number of carbonyl (C=O) groups excluding carboxylic acids is 1. The summed E-state index contributed by atoms with van der Waals surface area (Å²) in [5.74, 6) is -0.575. The molecule has 2 atom stereocenters. The molecule has 0 bridgehead atoms. The second-order valence-electron chi connectivity index (χ2n) is 3.00. The predicted molar refractivity (Wildman–Crippen MR) is 52.1 cm³/mol. The van der Waals surface area contributed by atoms with Crippen molar-refractivity contribution in [1.29, 1.82) is 0 Å². The summed E-state index contributed by atoms with van der Waals surface area (Å²) >= 11 is 0. The van der Waals surface area contributed by atoms with Gasteiger partial charge in [0.1, 0.15) is 6.10 Å². The molecular formula is C8H15O5P. The third-order valence-electron chi connectivity index (χ3n) is 1.43. The van der Waals surface area contributed by atoms with Crippen LogP contribution in [-0.2, 0) is 18.6 Å². The zero-order valence-electron chi connectivity index (χ0n) is 8.52. The first-order valence-electron chi connectivity index (χ1n) is 4.02. The second kappa shape index (κ2) is 5.29. The molecule has 0 fully saturated rings. The Hall–Kier alpha value is -0.640. The summed E-state index contributed by atoms with van der Waals surface area (Å²) in [7, 11) is -2.49. The van der Waals surface area contributed by atoms with Crippen molar-refractivity contribution >= 4 is 13.6 Å². The van der Waals surface area contributed by atoms with Crippen molar-refractivity contribution in [2.24, 2.45) is 0 Å². The first-order valence-corrected chi connectivity index (χ1v) is 5.79. The van der Waals surface area contributed by atoms with Crippen LogP contribution in [0.15, 0.2) is 12.2 Å². The molecular weight excluding hydrogens is 207 g/mol. The summed E-state index contributed by atoms with van der Waals surface area (Å²) < 4.78 is 20.2. The van der Waals surface area contributed by atoms with Gasteiger partial charge in [-0.05, 0) is 13.8 Å². The van der Waals surface area contributed by atoms with Gasteiger partial charge >= 0.3 is 13.6 Å². The fourth-order valence-corrected chi connectivity index (χ4v) is 1.59. The van der Waals surface area contributed by atoms with E-state index in [9.17, 15) is 9.36 Å². The van der Waals surface area contributed by atoms with Crippen molar-refractivity contribution < 1.29 is 23.5 Å². The van der Waals surface area contributed by atoms with E-state index in [0.717, 1.165) is 7.11 Å². The average molecular weight is 222 g/mol. The van der Waals surface area contributed by atoms with E-state index >= 15 is 0 Å². The lowest BCUT2D eigenvalue weighted by atomic mass is 10.3. The summed E-state index contributed by atoms with van der Waals surface area (Å²) in [6.45, 7) is 6.41. The molecule has 0 heterocycles. The van der Waals surface area contributed by atoms with Crippen LogP contribution in [0, 0.1) is 0 Å². The average Bonchev–Trinajstić information content (AvgIpc) is 2.02. The summed E-state index contributed by atoms with van der Waals surface area (Å²) in [6, 6.07) is 0. The maximum atomic E-state index is 11.1. The van der Waals surface area contributed by atoms with Crippen LogP contribution in [0.2, 0.25) is 0 Å². The molecule has 1 N–H and O–H groups in total. The zero-order chi connectivity index (χ0) is 11.4. The van der Waals surface area contributed by atoms with Gasteiger partial charge in [-0.25, -0.2) is 4.79 Å².